The minimum Gasteiger partial charge on any atom is -0.459 e. The number of nitrogens with zero attached hydrogens (tertiary/aromatic N) is 6. The number of hydrogen-bond donors (Lipinski definition) is 0. The molecule has 0 aliphatic carbocycles. The summed E-state index contributed by atoms with van der Waals surface area (Å²) in [6.45, 7) is 4.51. The maximum atomic E-state index is 12.7. The van der Waals surface area contributed by atoms with Gasteiger partial charge in [0.1, 0.15) is 10.3 Å². The van der Waals surface area contributed by atoms with Crippen molar-refractivity contribution in [1.29, 1.82) is 0 Å². The van der Waals surface area contributed by atoms with Crippen LogP contribution in [0.1, 0.15) is 23.4 Å². The summed E-state index contributed by atoms with van der Waals surface area (Å²) in [6.07, 6.45) is 3.63. The second-order valence-electron chi connectivity index (χ2n) is 8.34. The lowest BCUT2D eigenvalue weighted by atomic mass is 10.2. The molecule has 0 atom stereocenters. The van der Waals surface area contributed by atoms with Crippen LogP contribution in [0.4, 0.5) is 5.13 Å². The number of amides is 3. The maximum absolute atomic E-state index is 12.7. The third-order valence-electron chi connectivity index (χ3n) is 6.26. The molecule has 0 radical (unpaired) electrons. The first-order valence-corrected chi connectivity index (χ1v) is 12.2. The molecule has 2 fully saturated rings. The molecule has 0 bridgehead atoms. The summed E-state index contributed by atoms with van der Waals surface area (Å²) in [5.74, 6) is 0.114. The predicted octanol–water partition coefficient (Wildman–Crippen LogP) is 1.70. The molecular formula is C23H26N6O4S. The summed E-state index contributed by atoms with van der Waals surface area (Å²) >= 11 is 1.56. The summed E-state index contributed by atoms with van der Waals surface area (Å²) < 4.78 is 5.17. The van der Waals surface area contributed by atoms with Crippen LogP contribution >= 0.6 is 11.3 Å². The van der Waals surface area contributed by atoms with Crippen molar-refractivity contribution < 1.29 is 18.8 Å². The number of rotatable bonds is 5. The van der Waals surface area contributed by atoms with Crippen LogP contribution in [0.15, 0.2) is 41.1 Å². The first-order valence-electron chi connectivity index (χ1n) is 11.4. The molecule has 0 unspecified atom stereocenters. The fourth-order valence-corrected chi connectivity index (χ4v) is 5.25. The van der Waals surface area contributed by atoms with Crippen molar-refractivity contribution in [1.82, 2.24) is 24.7 Å². The predicted molar refractivity (Wildman–Crippen MR) is 127 cm³/mol. The van der Waals surface area contributed by atoms with Gasteiger partial charge in [-0.15, -0.1) is 0 Å². The number of thiazole rings is 1. The summed E-state index contributed by atoms with van der Waals surface area (Å²) in [5, 5.41) is 0.931. The maximum Gasteiger partial charge on any atom is 0.289 e. The molecule has 178 valence electrons. The molecule has 0 saturated carbocycles. The van der Waals surface area contributed by atoms with E-state index in [9.17, 15) is 14.4 Å². The molecular weight excluding hydrogens is 456 g/mol. The number of carbonyl (C=O) groups excluding carboxylic acids is 3. The first-order chi connectivity index (χ1) is 16.6. The molecule has 3 aromatic heterocycles. The van der Waals surface area contributed by atoms with Crippen LogP contribution in [-0.2, 0) is 9.59 Å². The van der Waals surface area contributed by atoms with Crippen molar-refractivity contribution in [2.45, 2.75) is 12.8 Å². The molecule has 11 heteroatoms. The Morgan fingerprint density at radius 1 is 0.853 bits per heavy atom. The smallest absolute Gasteiger partial charge is 0.289 e. The van der Waals surface area contributed by atoms with E-state index in [1.165, 1.54) is 6.26 Å². The van der Waals surface area contributed by atoms with Gasteiger partial charge in [-0.2, -0.15) is 0 Å². The van der Waals surface area contributed by atoms with Crippen molar-refractivity contribution in [3.8, 4) is 0 Å². The fraction of sp³-hybridized carbons (Fsp3) is 0.435. The Labute approximate surface area is 200 Å². The molecule has 0 N–H and O–H groups in total. The van der Waals surface area contributed by atoms with Crippen LogP contribution in [0.3, 0.4) is 0 Å². The van der Waals surface area contributed by atoms with Crippen LogP contribution in [0.5, 0.6) is 0 Å². The Bertz CT molecular complexity index is 1130. The Morgan fingerprint density at radius 2 is 1.50 bits per heavy atom. The number of piperazine rings is 2. The van der Waals surface area contributed by atoms with E-state index in [1.54, 1.807) is 39.5 Å². The van der Waals surface area contributed by atoms with Crippen molar-refractivity contribution in [3.05, 3.63) is 42.5 Å². The fourth-order valence-electron chi connectivity index (χ4n) is 4.29. The molecule has 34 heavy (non-hydrogen) atoms. The lowest BCUT2D eigenvalue weighted by molar-refractivity contribution is -0.138. The highest BCUT2D eigenvalue weighted by atomic mass is 32.1. The van der Waals surface area contributed by atoms with Gasteiger partial charge in [0.15, 0.2) is 10.9 Å². The van der Waals surface area contributed by atoms with Gasteiger partial charge in [-0.1, -0.05) is 11.3 Å². The number of furan rings is 1. The Morgan fingerprint density at radius 3 is 2.12 bits per heavy atom. The number of carbonyl (C=O) groups is 3. The molecule has 5 rings (SSSR count). The number of fused-ring (bicyclic) bond motifs is 1. The van der Waals surface area contributed by atoms with Gasteiger partial charge in [-0.05, 0) is 24.3 Å². The van der Waals surface area contributed by atoms with E-state index in [4.69, 9.17) is 4.42 Å². The highest BCUT2D eigenvalue weighted by Gasteiger charge is 2.27. The molecule has 0 aromatic carbocycles. The summed E-state index contributed by atoms with van der Waals surface area (Å²) in [5.41, 5.74) is 0.894. The van der Waals surface area contributed by atoms with E-state index in [2.05, 4.69) is 14.9 Å². The van der Waals surface area contributed by atoms with Crippen molar-refractivity contribution in [2.75, 3.05) is 57.3 Å². The van der Waals surface area contributed by atoms with E-state index in [-0.39, 0.29) is 30.6 Å². The number of aromatic nitrogens is 2. The lowest BCUT2D eigenvalue weighted by Gasteiger charge is -2.35. The van der Waals surface area contributed by atoms with Gasteiger partial charge in [0, 0.05) is 71.4 Å². The van der Waals surface area contributed by atoms with E-state index in [0.29, 0.717) is 58.1 Å². The van der Waals surface area contributed by atoms with Crippen LogP contribution < -0.4 is 4.90 Å². The van der Waals surface area contributed by atoms with E-state index >= 15 is 0 Å². The van der Waals surface area contributed by atoms with E-state index in [0.717, 1.165) is 15.5 Å². The van der Waals surface area contributed by atoms with Gasteiger partial charge >= 0.3 is 0 Å². The van der Waals surface area contributed by atoms with Crippen LogP contribution in [0.25, 0.3) is 10.3 Å². The number of pyridine rings is 1. The molecule has 3 amide bonds. The molecule has 3 aromatic rings. The molecule has 2 aliphatic rings. The monoisotopic (exact) mass is 482 g/mol. The van der Waals surface area contributed by atoms with Crippen LogP contribution in [0, 0.1) is 0 Å². The lowest BCUT2D eigenvalue weighted by Crippen LogP contribution is -2.51. The molecule has 5 heterocycles. The highest BCUT2D eigenvalue weighted by Crippen LogP contribution is 2.27. The number of hydrogen-bond acceptors (Lipinski definition) is 8. The standard InChI is InChI=1S/C23H26N6O4S/c30-19(26-8-12-28(13-9-26)22(32)18-4-2-16-33-18)5-6-20(31)27-10-14-29(15-11-27)23-25-17-3-1-7-24-21(17)34-23/h1-4,7,16H,5-6,8-15H2. The second kappa shape index (κ2) is 9.80. The second-order valence-corrected chi connectivity index (χ2v) is 9.30. The van der Waals surface area contributed by atoms with Gasteiger partial charge < -0.3 is 24.0 Å². The van der Waals surface area contributed by atoms with Gasteiger partial charge in [0.25, 0.3) is 5.91 Å². The Balaban J connectivity index is 1.05. The third-order valence-corrected chi connectivity index (χ3v) is 7.30. The van der Waals surface area contributed by atoms with Gasteiger partial charge in [-0.25, -0.2) is 9.97 Å². The molecule has 0 spiro atoms. The zero-order valence-corrected chi connectivity index (χ0v) is 19.6. The minimum absolute atomic E-state index is 0.00518. The van der Waals surface area contributed by atoms with E-state index < -0.39 is 0 Å². The quantitative estimate of drug-likeness (QED) is 0.545. The Kier molecular flexibility index (Phi) is 6.43. The molecule has 10 nitrogen and oxygen atoms in total. The van der Waals surface area contributed by atoms with Crippen molar-refractivity contribution in [2.24, 2.45) is 0 Å². The minimum atomic E-state index is -0.159. The van der Waals surface area contributed by atoms with Crippen LogP contribution in [-0.4, -0.2) is 94.7 Å². The van der Waals surface area contributed by atoms with Gasteiger partial charge in [0.05, 0.1) is 6.26 Å². The average molecular weight is 483 g/mol. The zero-order chi connectivity index (χ0) is 23.5. The SMILES string of the molecule is O=C(CCC(=O)N1CCN(c2nc3cccnc3s2)CC1)N1CCN(C(=O)c2ccco2)CC1. The van der Waals surface area contributed by atoms with E-state index in [1.807, 2.05) is 17.0 Å². The molecule has 2 aliphatic heterocycles. The summed E-state index contributed by atoms with van der Waals surface area (Å²) in [6, 6.07) is 7.16. The summed E-state index contributed by atoms with van der Waals surface area (Å²) in [7, 11) is 0. The zero-order valence-electron chi connectivity index (χ0n) is 18.8. The summed E-state index contributed by atoms with van der Waals surface area (Å²) in [4.78, 5) is 55.0. The molecule has 2 saturated heterocycles. The Hall–Kier alpha value is -3.47. The van der Waals surface area contributed by atoms with Crippen molar-refractivity contribution >= 4 is 44.5 Å². The largest absolute Gasteiger partial charge is 0.459 e. The van der Waals surface area contributed by atoms with Crippen molar-refractivity contribution in [3.63, 3.8) is 0 Å². The highest BCUT2D eigenvalue weighted by molar-refractivity contribution is 7.21. The van der Waals surface area contributed by atoms with Gasteiger partial charge in [-0.3, -0.25) is 14.4 Å². The van der Waals surface area contributed by atoms with Gasteiger partial charge in [0.2, 0.25) is 11.8 Å². The average Bonchev–Trinajstić information content (AvgIpc) is 3.57. The normalized spacial score (nSPS) is 16.8. The van der Waals surface area contributed by atoms with Crippen LogP contribution in [0.2, 0.25) is 0 Å². The third kappa shape index (κ3) is 4.74. The first kappa shape index (κ1) is 22.3. The topological polar surface area (TPSA) is 103 Å². The number of anilines is 1.